The predicted molar refractivity (Wildman–Crippen MR) is 54.0 cm³/mol. The fraction of sp³-hybridized carbons (Fsp3) is 0.364. The standard InChI is InChI=1S/C11H13FO3/c12-7-2-1-4-8-5-3-6-9(10(8)13)11(14)15/h3,5-6,13H,1-2,4,7H2,(H,14,15). The topological polar surface area (TPSA) is 57.5 Å². The number of unbranched alkanes of at least 4 members (excludes halogenated alkanes) is 1. The third-order valence-corrected chi connectivity index (χ3v) is 2.18. The second-order valence-corrected chi connectivity index (χ2v) is 3.26. The molecule has 1 aromatic rings. The van der Waals surface area contributed by atoms with Crippen LogP contribution >= 0.6 is 0 Å². The quantitative estimate of drug-likeness (QED) is 0.737. The molecule has 15 heavy (non-hydrogen) atoms. The molecule has 0 saturated heterocycles. The Morgan fingerprint density at radius 2 is 2.07 bits per heavy atom. The summed E-state index contributed by atoms with van der Waals surface area (Å²) in [6, 6.07) is 4.57. The first-order chi connectivity index (χ1) is 7.16. The number of benzene rings is 1. The van der Waals surface area contributed by atoms with E-state index in [1.807, 2.05) is 0 Å². The number of phenols is 1. The molecule has 0 aliphatic carbocycles. The average molecular weight is 212 g/mol. The van der Waals surface area contributed by atoms with Gasteiger partial charge in [-0.25, -0.2) is 4.79 Å². The zero-order valence-corrected chi connectivity index (χ0v) is 8.24. The van der Waals surface area contributed by atoms with E-state index < -0.39 is 5.97 Å². The Balaban J connectivity index is 2.80. The van der Waals surface area contributed by atoms with E-state index >= 15 is 0 Å². The fourth-order valence-electron chi connectivity index (χ4n) is 1.38. The zero-order chi connectivity index (χ0) is 11.3. The van der Waals surface area contributed by atoms with Crippen molar-refractivity contribution in [1.82, 2.24) is 0 Å². The molecule has 0 unspecified atom stereocenters. The third-order valence-electron chi connectivity index (χ3n) is 2.18. The molecule has 2 N–H and O–H groups in total. The van der Waals surface area contributed by atoms with E-state index in [0.29, 0.717) is 24.8 Å². The number of carboxylic acids is 1. The second-order valence-electron chi connectivity index (χ2n) is 3.26. The van der Waals surface area contributed by atoms with Crippen LogP contribution in [0.5, 0.6) is 5.75 Å². The summed E-state index contributed by atoms with van der Waals surface area (Å²) in [5.41, 5.74) is 0.455. The van der Waals surface area contributed by atoms with Crippen LogP contribution in [-0.2, 0) is 6.42 Å². The lowest BCUT2D eigenvalue weighted by molar-refractivity contribution is 0.0693. The third kappa shape index (κ3) is 2.94. The number of carboxylic acid groups (broad SMARTS) is 1. The maximum Gasteiger partial charge on any atom is 0.339 e. The summed E-state index contributed by atoms with van der Waals surface area (Å²) in [5.74, 6) is -1.36. The Bertz CT molecular complexity index is 350. The summed E-state index contributed by atoms with van der Waals surface area (Å²) in [6.45, 7) is -0.390. The molecule has 1 aromatic carbocycles. The molecule has 0 aliphatic rings. The van der Waals surface area contributed by atoms with Crippen LogP contribution in [0.4, 0.5) is 4.39 Å². The van der Waals surface area contributed by atoms with E-state index in [1.165, 1.54) is 6.07 Å². The zero-order valence-electron chi connectivity index (χ0n) is 8.24. The largest absolute Gasteiger partial charge is 0.507 e. The number of rotatable bonds is 5. The van der Waals surface area contributed by atoms with Crippen LogP contribution in [0.3, 0.4) is 0 Å². The van der Waals surface area contributed by atoms with E-state index in [1.54, 1.807) is 12.1 Å². The molecule has 0 aromatic heterocycles. The Hall–Kier alpha value is -1.58. The monoisotopic (exact) mass is 212 g/mol. The SMILES string of the molecule is O=C(O)c1cccc(CCCCF)c1O. The van der Waals surface area contributed by atoms with Gasteiger partial charge >= 0.3 is 5.97 Å². The van der Waals surface area contributed by atoms with Gasteiger partial charge < -0.3 is 10.2 Å². The Labute approximate surface area is 87.2 Å². The van der Waals surface area contributed by atoms with Crippen LogP contribution in [0.1, 0.15) is 28.8 Å². The number of carbonyl (C=O) groups is 1. The van der Waals surface area contributed by atoms with Gasteiger partial charge in [-0.3, -0.25) is 4.39 Å². The minimum atomic E-state index is -1.15. The molecule has 1 rings (SSSR count). The summed E-state index contributed by atoms with van der Waals surface area (Å²) in [6.07, 6.45) is 1.53. The molecule has 0 radical (unpaired) electrons. The van der Waals surface area contributed by atoms with Gasteiger partial charge in [-0.05, 0) is 30.9 Å². The lowest BCUT2D eigenvalue weighted by Gasteiger charge is -2.06. The Morgan fingerprint density at radius 3 is 2.67 bits per heavy atom. The first-order valence-corrected chi connectivity index (χ1v) is 4.77. The molecule has 82 valence electrons. The first kappa shape index (κ1) is 11.5. The van der Waals surface area contributed by atoms with Gasteiger partial charge in [0.25, 0.3) is 0 Å². The van der Waals surface area contributed by atoms with Crippen LogP contribution < -0.4 is 0 Å². The fourth-order valence-corrected chi connectivity index (χ4v) is 1.38. The number of hydrogen-bond acceptors (Lipinski definition) is 2. The smallest absolute Gasteiger partial charge is 0.339 e. The van der Waals surface area contributed by atoms with E-state index in [-0.39, 0.29) is 18.0 Å². The van der Waals surface area contributed by atoms with Crippen molar-refractivity contribution in [3.63, 3.8) is 0 Å². The Kier molecular flexibility index (Phi) is 4.09. The Morgan fingerprint density at radius 1 is 1.33 bits per heavy atom. The number of aromatic carboxylic acids is 1. The molecular weight excluding hydrogens is 199 g/mol. The van der Waals surface area contributed by atoms with Crippen LogP contribution in [0, 0.1) is 0 Å². The van der Waals surface area contributed by atoms with Gasteiger partial charge in [0.05, 0.1) is 6.67 Å². The molecule has 0 heterocycles. The van der Waals surface area contributed by atoms with Crippen molar-refractivity contribution in [1.29, 1.82) is 0 Å². The molecule has 0 aliphatic heterocycles. The number of para-hydroxylation sites is 1. The average Bonchev–Trinajstić information content (AvgIpc) is 2.20. The van der Waals surface area contributed by atoms with Crippen LogP contribution in [0.25, 0.3) is 0 Å². The minimum Gasteiger partial charge on any atom is -0.507 e. The summed E-state index contributed by atoms with van der Waals surface area (Å²) in [4.78, 5) is 10.7. The number of aromatic hydroxyl groups is 1. The molecule has 0 amide bonds. The van der Waals surface area contributed by atoms with Gasteiger partial charge in [0.1, 0.15) is 11.3 Å². The number of hydrogen-bond donors (Lipinski definition) is 2. The molecule has 0 bridgehead atoms. The van der Waals surface area contributed by atoms with Gasteiger partial charge in [-0.15, -0.1) is 0 Å². The first-order valence-electron chi connectivity index (χ1n) is 4.77. The molecule has 0 spiro atoms. The molecule has 3 nitrogen and oxygen atoms in total. The maximum atomic E-state index is 11.8. The molecule has 4 heteroatoms. The van der Waals surface area contributed by atoms with Gasteiger partial charge in [-0.2, -0.15) is 0 Å². The van der Waals surface area contributed by atoms with E-state index in [0.717, 1.165) is 0 Å². The minimum absolute atomic E-state index is 0.104. The van der Waals surface area contributed by atoms with E-state index in [9.17, 15) is 14.3 Å². The summed E-state index contributed by atoms with van der Waals surface area (Å²) < 4.78 is 11.8. The second kappa shape index (κ2) is 5.34. The normalized spacial score (nSPS) is 10.2. The van der Waals surface area contributed by atoms with Crippen LogP contribution in [0.2, 0.25) is 0 Å². The van der Waals surface area contributed by atoms with Crippen molar-refractivity contribution in [2.24, 2.45) is 0 Å². The highest BCUT2D eigenvalue weighted by Crippen LogP contribution is 2.23. The molecule has 0 fully saturated rings. The summed E-state index contributed by atoms with van der Waals surface area (Å²) in [5, 5.41) is 18.3. The van der Waals surface area contributed by atoms with Crippen molar-refractivity contribution >= 4 is 5.97 Å². The maximum absolute atomic E-state index is 11.8. The highest BCUT2D eigenvalue weighted by atomic mass is 19.1. The summed E-state index contributed by atoms with van der Waals surface area (Å²) in [7, 11) is 0. The molecular formula is C11H13FO3. The number of alkyl halides is 1. The van der Waals surface area contributed by atoms with Gasteiger partial charge in [-0.1, -0.05) is 12.1 Å². The van der Waals surface area contributed by atoms with Crippen LogP contribution in [-0.4, -0.2) is 22.9 Å². The highest BCUT2D eigenvalue weighted by molar-refractivity contribution is 5.91. The van der Waals surface area contributed by atoms with E-state index in [2.05, 4.69) is 0 Å². The van der Waals surface area contributed by atoms with Crippen molar-refractivity contribution < 1.29 is 19.4 Å². The van der Waals surface area contributed by atoms with Gasteiger partial charge in [0.2, 0.25) is 0 Å². The van der Waals surface area contributed by atoms with Gasteiger partial charge in [0, 0.05) is 0 Å². The predicted octanol–water partition coefficient (Wildman–Crippen LogP) is 2.38. The highest BCUT2D eigenvalue weighted by Gasteiger charge is 2.12. The van der Waals surface area contributed by atoms with Crippen molar-refractivity contribution in [2.45, 2.75) is 19.3 Å². The number of halogens is 1. The summed E-state index contributed by atoms with van der Waals surface area (Å²) >= 11 is 0. The lowest BCUT2D eigenvalue weighted by atomic mass is 10.0. The van der Waals surface area contributed by atoms with Crippen molar-refractivity contribution in [2.75, 3.05) is 6.67 Å². The van der Waals surface area contributed by atoms with Crippen molar-refractivity contribution in [3.05, 3.63) is 29.3 Å². The van der Waals surface area contributed by atoms with Crippen LogP contribution in [0.15, 0.2) is 18.2 Å². The van der Waals surface area contributed by atoms with E-state index in [4.69, 9.17) is 5.11 Å². The molecule has 0 saturated carbocycles. The lowest BCUT2D eigenvalue weighted by Crippen LogP contribution is -1.99. The van der Waals surface area contributed by atoms with Crippen molar-refractivity contribution in [3.8, 4) is 5.75 Å². The number of aryl methyl sites for hydroxylation is 1. The molecule has 0 atom stereocenters. The van der Waals surface area contributed by atoms with Gasteiger partial charge in [0.15, 0.2) is 0 Å².